The highest BCUT2D eigenvalue weighted by Gasteiger charge is 2.19. The number of hydrogen-bond acceptors (Lipinski definition) is 6. The van der Waals surface area contributed by atoms with Crippen molar-refractivity contribution in [2.24, 2.45) is 0 Å². The molecule has 22 heavy (non-hydrogen) atoms. The van der Waals surface area contributed by atoms with Crippen LogP contribution in [-0.2, 0) is 0 Å². The number of rotatable bonds is 3. The van der Waals surface area contributed by atoms with E-state index in [2.05, 4.69) is 9.97 Å². The predicted molar refractivity (Wildman–Crippen MR) is 85.5 cm³/mol. The standard InChI is InChI=1S/C15H13N3O3S/c1-7-9(6-17-13(21-2)12(7)14(19)20)8-3-4-10-11(5-8)22-15(16)18-10/h3-6H,1-2H3,(H2,16,18)(H,19,20). The van der Waals surface area contributed by atoms with Crippen LogP contribution in [0.25, 0.3) is 21.3 Å². The van der Waals surface area contributed by atoms with Crippen molar-refractivity contribution in [3.8, 4) is 17.0 Å². The number of anilines is 1. The minimum Gasteiger partial charge on any atom is -0.480 e. The molecule has 0 aliphatic carbocycles. The molecular formula is C15H13N3O3S. The number of thiazole rings is 1. The molecule has 3 N–H and O–H groups in total. The minimum atomic E-state index is -1.06. The summed E-state index contributed by atoms with van der Waals surface area (Å²) in [5.74, 6) is -0.955. The molecule has 0 saturated heterocycles. The number of ether oxygens (including phenoxy) is 1. The molecule has 2 aromatic heterocycles. The quantitative estimate of drug-likeness (QED) is 0.771. The molecule has 0 bridgehead atoms. The van der Waals surface area contributed by atoms with E-state index in [0.29, 0.717) is 10.7 Å². The minimum absolute atomic E-state index is 0.0731. The van der Waals surface area contributed by atoms with E-state index in [1.54, 1.807) is 13.1 Å². The first kappa shape index (κ1) is 14.3. The van der Waals surface area contributed by atoms with Gasteiger partial charge in [-0.25, -0.2) is 14.8 Å². The van der Waals surface area contributed by atoms with Crippen LogP contribution in [0.3, 0.4) is 0 Å². The third-order valence-corrected chi connectivity index (χ3v) is 4.27. The van der Waals surface area contributed by atoms with Gasteiger partial charge in [0.2, 0.25) is 5.88 Å². The monoisotopic (exact) mass is 315 g/mol. The summed E-state index contributed by atoms with van der Waals surface area (Å²) in [6.45, 7) is 1.74. The summed E-state index contributed by atoms with van der Waals surface area (Å²) >= 11 is 1.39. The van der Waals surface area contributed by atoms with E-state index in [0.717, 1.165) is 21.3 Å². The third kappa shape index (κ3) is 2.25. The fraction of sp³-hybridized carbons (Fsp3) is 0.133. The molecule has 2 heterocycles. The van der Waals surface area contributed by atoms with E-state index < -0.39 is 5.97 Å². The molecule has 1 aromatic carbocycles. The van der Waals surface area contributed by atoms with Crippen molar-refractivity contribution in [3.63, 3.8) is 0 Å². The van der Waals surface area contributed by atoms with Gasteiger partial charge in [-0.15, -0.1) is 0 Å². The summed E-state index contributed by atoms with van der Waals surface area (Å²) in [4.78, 5) is 19.8. The van der Waals surface area contributed by atoms with Crippen molar-refractivity contribution >= 4 is 32.7 Å². The van der Waals surface area contributed by atoms with Gasteiger partial charge in [0.15, 0.2) is 5.13 Å². The lowest BCUT2D eigenvalue weighted by atomic mass is 9.99. The normalized spacial score (nSPS) is 10.8. The highest BCUT2D eigenvalue weighted by Crippen LogP contribution is 2.33. The summed E-state index contributed by atoms with van der Waals surface area (Å²) in [7, 11) is 1.40. The molecule has 7 heteroatoms. The van der Waals surface area contributed by atoms with E-state index in [1.165, 1.54) is 18.4 Å². The van der Waals surface area contributed by atoms with Crippen molar-refractivity contribution in [2.75, 3.05) is 12.8 Å². The Morgan fingerprint density at radius 2 is 2.18 bits per heavy atom. The maximum absolute atomic E-state index is 11.5. The molecular weight excluding hydrogens is 302 g/mol. The molecule has 0 saturated carbocycles. The van der Waals surface area contributed by atoms with Crippen molar-refractivity contribution < 1.29 is 14.6 Å². The summed E-state index contributed by atoms with van der Waals surface area (Å²) in [6.07, 6.45) is 1.62. The van der Waals surface area contributed by atoms with Crippen LogP contribution in [0.5, 0.6) is 5.88 Å². The molecule has 112 valence electrons. The number of aromatic nitrogens is 2. The molecule has 0 aliphatic rings. The van der Waals surface area contributed by atoms with Crippen LogP contribution in [0.15, 0.2) is 24.4 Å². The molecule has 0 unspecified atom stereocenters. The summed E-state index contributed by atoms with van der Waals surface area (Å²) in [6, 6.07) is 5.68. The molecule has 6 nitrogen and oxygen atoms in total. The first-order valence-electron chi connectivity index (χ1n) is 6.44. The zero-order valence-electron chi connectivity index (χ0n) is 12.0. The second-order valence-electron chi connectivity index (χ2n) is 4.72. The first-order chi connectivity index (χ1) is 10.5. The summed E-state index contributed by atoms with van der Waals surface area (Å²) in [5, 5.41) is 9.88. The highest BCUT2D eigenvalue weighted by molar-refractivity contribution is 7.22. The molecule has 0 spiro atoms. The Balaban J connectivity index is 2.21. The van der Waals surface area contributed by atoms with Crippen LogP contribution < -0.4 is 10.5 Å². The summed E-state index contributed by atoms with van der Waals surface area (Å²) < 4.78 is 5.98. The van der Waals surface area contributed by atoms with Gasteiger partial charge in [-0.3, -0.25) is 0 Å². The zero-order chi connectivity index (χ0) is 15.9. The molecule has 0 amide bonds. The van der Waals surface area contributed by atoms with Crippen LogP contribution in [0.1, 0.15) is 15.9 Å². The Morgan fingerprint density at radius 1 is 1.41 bits per heavy atom. The van der Waals surface area contributed by atoms with Crippen molar-refractivity contribution in [3.05, 3.63) is 35.5 Å². The number of nitrogens with two attached hydrogens (primary N) is 1. The Hall–Kier alpha value is -2.67. The van der Waals surface area contributed by atoms with Crippen LogP contribution in [0.4, 0.5) is 5.13 Å². The fourth-order valence-corrected chi connectivity index (χ4v) is 3.16. The number of carboxylic acids is 1. The number of carboxylic acid groups (broad SMARTS) is 1. The van der Waals surface area contributed by atoms with Crippen LogP contribution >= 0.6 is 11.3 Å². The molecule has 3 rings (SSSR count). The van der Waals surface area contributed by atoms with Gasteiger partial charge in [0.05, 0.1) is 17.3 Å². The molecule has 0 radical (unpaired) electrons. The molecule has 0 atom stereocenters. The van der Waals surface area contributed by atoms with E-state index in [-0.39, 0.29) is 11.4 Å². The van der Waals surface area contributed by atoms with E-state index in [4.69, 9.17) is 10.5 Å². The van der Waals surface area contributed by atoms with Gasteiger partial charge in [-0.1, -0.05) is 17.4 Å². The number of aromatic carboxylic acids is 1. The number of nitrogens with zero attached hydrogens (tertiary/aromatic N) is 2. The van der Waals surface area contributed by atoms with Crippen molar-refractivity contribution in [1.29, 1.82) is 0 Å². The number of carbonyl (C=O) groups is 1. The number of fused-ring (bicyclic) bond motifs is 1. The Bertz CT molecular complexity index is 889. The maximum Gasteiger partial charge on any atom is 0.341 e. The SMILES string of the molecule is COc1ncc(-c2ccc3nc(N)sc3c2)c(C)c1C(=O)O. The van der Waals surface area contributed by atoms with Crippen LogP contribution in [0, 0.1) is 6.92 Å². The lowest BCUT2D eigenvalue weighted by Gasteiger charge is -2.11. The van der Waals surface area contributed by atoms with Gasteiger partial charge < -0.3 is 15.6 Å². The van der Waals surface area contributed by atoms with Gasteiger partial charge >= 0.3 is 5.97 Å². The van der Waals surface area contributed by atoms with Gasteiger partial charge in [0, 0.05) is 11.8 Å². The molecule has 3 aromatic rings. The largest absolute Gasteiger partial charge is 0.480 e. The Morgan fingerprint density at radius 3 is 2.86 bits per heavy atom. The van der Waals surface area contributed by atoms with Crippen molar-refractivity contribution in [1.82, 2.24) is 9.97 Å². The van der Waals surface area contributed by atoms with Gasteiger partial charge in [0.25, 0.3) is 0 Å². The second kappa shape index (κ2) is 5.27. The smallest absolute Gasteiger partial charge is 0.341 e. The number of nitrogen functional groups attached to an aromatic ring is 1. The Labute approximate surface area is 130 Å². The topological polar surface area (TPSA) is 98.3 Å². The second-order valence-corrected chi connectivity index (χ2v) is 5.78. The maximum atomic E-state index is 11.5. The van der Waals surface area contributed by atoms with Crippen molar-refractivity contribution in [2.45, 2.75) is 6.92 Å². The highest BCUT2D eigenvalue weighted by atomic mass is 32.1. The number of pyridine rings is 1. The van der Waals surface area contributed by atoms with Crippen LogP contribution in [-0.4, -0.2) is 28.2 Å². The third-order valence-electron chi connectivity index (χ3n) is 3.43. The lowest BCUT2D eigenvalue weighted by molar-refractivity contribution is 0.0691. The number of hydrogen-bond donors (Lipinski definition) is 2. The average Bonchev–Trinajstić information content (AvgIpc) is 2.85. The van der Waals surface area contributed by atoms with Crippen LogP contribution in [0.2, 0.25) is 0 Å². The summed E-state index contributed by atoms with van der Waals surface area (Å²) in [5.41, 5.74) is 8.83. The molecule has 0 aliphatic heterocycles. The van der Waals surface area contributed by atoms with Gasteiger partial charge in [-0.05, 0) is 30.2 Å². The lowest BCUT2D eigenvalue weighted by Crippen LogP contribution is -2.06. The van der Waals surface area contributed by atoms with E-state index >= 15 is 0 Å². The zero-order valence-corrected chi connectivity index (χ0v) is 12.8. The number of methoxy groups -OCH3 is 1. The first-order valence-corrected chi connectivity index (χ1v) is 7.26. The predicted octanol–water partition coefficient (Wildman–Crippen LogP) is 2.96. The fourth-order valence-electron chi connectivity index (χ4n) is 2.39. The molecule has 0 fully saturated rings. The number of benzene rings is 1. The van der Waals surface area contributed by atoms with E-state index in [1.807, 2.05) is 18.2 Å². The Kier molecular flexibility index (Phi) is 3.42. The average molecular weight is 315 g/mol. The van der Waals surface area contributed by atoms with E-state index in [9.17, 15) is 9.90 Å². The van der Waals surface area contributed by atoms with Gasteiger partial charge in [-0.2, -0.15) is 0 Å². The van der Waals surface area contributed by atoms with Gasteiger partial charge in [0.1, 0.15) is 5.56 Å².